The quantitative estimate of drug-likeness (QED) is 0.353. The molecule has 3 rings (SSSR count). The standard InChI is InChI=1S/C21H19ClF4N4O4S/c1-10(17(32)30-13(5-6-21(24,25)26)16(31)20-27-7-8-35-20)29-18(33)14-9-28-19(34-14)11-3-2-4-12(22)15(11)23/h2-4,7-10,13,16,31H,5-6H2,1H3,(H,29,33)(H,30,32)/t10-,13-,16?/m0/s1. The minimum atomic E-state index is -4.50. The van der Waals surface area contributed by atoms with Gasteiger partial charge in [0, 0.05) is 18.0 Å². The average molecular weight is 535 g/mol. The number of oxazole rings is 1. The first-order valence-corrected chi connectivity index (χ1v) is 11.4. The second-order valence-corrected chi connectivity index (χ2v) is 8.74. The maximum atomic E-state index is 14.2. The Morgan fingerprint density at radius 3 is 2.66 bits per heavy atom. The molecule has 3 aromatic rings. The molecule has 8 nitrogen and oxygen atoms in total. The van der Waals surface area contributed by atoms with Gasteiger partial charge in [-0.1, -0.05) is 17.7 Å². The summed E-state index contributed by atoms with van der Waals surface area (Å²) >= 11 is 6.75. The van der Waals surface area contributed by atoms with Crippen LogP contribution in [0.2, 0.25) is 5.02 Å². The summed E-state index contributed by atoms with van der Waals surface area (Å²) in [5.74, 6) is -3.07. The maximum absolute atomic E-state index is 14.2. The number of carbonyl (C=O) groups excluding carboxylic acids is 2. The number of alkyl halides is 3. The number of aliphatic hydroxyl groups excluding tert-OH is 1. The number of rotatable bonds is 9. The van der Waals surface area contributed by atoms with E-state index in [9.17, 15) is 32.3 Å². The molecule has 3 atom stereocenters. The summed E-state index contributed by atoms with van der Waals surface area (Å²) in [5, 5.41) is 16.6. The van der Waals surface area contributed by atoms with Crippen LogP contribution in [0.5, 0.6) is 0 Å². The van der Waals surface area contributed by atoms with Gasteiger partial charge in [0.25, 0.3) is 5.91 Å². The van der Waals surface area contributed by atoms with Gasteiger partial charge in [-0.3, -0.25) is 9.59 Å². The van der Waals surface area contributed by atoms with Gasteiger partial charge in [0.15, 0.2) is 5.82 Å². The summed E-state index contributed by atoms with van der Waals surface area (Å²) in [4.78, 5) is 32.8. The van der Waals surface area contributed by atoms with E-state index < -0.39 is 54.8 Å². The zero-order valence-corrected chi connectivity index (χ0v) is 19.5. The normalized spacial score (nSPS) is 14.3. The highest BCUT2D eigenvalue weighted by Gasteiger charge is 2.33. The van der Waals surface area contributed by atoms with Crippen molar-refractivity contribution in [2.45, 2.75) is 44.1 Å². The molecule has 0 spiro atoms. The lowest BCUT2D eigenvalue weighted by Gasteiger charge is -2.25. The minimum Gasteiger partial charge on any atom is -0.431 e. The highest BCUT2D eigenvalue weighted by molar-refractivity contribution is 7.09. The molecule has 1 aromatic carbocycles. The molecule has 0 bridgehead atoms. The Hall–Kier alpha value is -3.03. The predicted molar refractivity (Wildman–Crippen MR) is 118 cm³/mol. The third kappa shape index (κ3) is 6.99. The van der Waals surface area contributed by atoms with Crippen LogP contribution >= 0.6 is 22.9 Å². The number of hydrogen-bond donors (Lipinski definition) is 3. The van der Waals surface area contributed by atoms with Crippen molar-refractivity contribution < 1.29 is 36.7 Å². The lowest BCUT2D eigenvalue weighted by Crippen LogP contribution is -2.49. The van der Waals surface area contributed by atoms with Crippen LogP contribution < -0.4 is 10.6 Å². The minimum absolute atomic E-state index is 0.0778. The fraction of sp³-hybridized carbons (Fsp3) is 0.333. The number of nitrogens with one attached hydrogen (secondary N) is 2. The van der Waals surface area contributed by atoms with Gasteiger partial charge in [0.2, 0.25) is 17.6 Å². The summed E-state index contributed by atoms with van der Waals surface area (Å²) in [5.41, 5.74) is -0.0778. The Balaban J connectivity index is 1.66. The van der Waals surface area contributed by atoms with Crippen LogP contribution in [-0.2, 0) is 4.79 Å². The molecule has 1 unspecified atom stereocenters. The van der Waals surface area contributed by atoms with Crippen molar-refractivity contribution in [3.63, 3.8) is 0 Å². The number of nitrogens with zero attached hydrogens (tertiary/aromatic N) is 2. The molecule has 2 amide bonds. The van der Waals surface area contributed by atoms with Gasteiger partial charge in [-0.2, -0.15) is 13.2 Å². The smallest absolute Gasteiger partial charge is 0.389 e. The Morgan fingerprint density at radius 2 is 2.00 bits per heavy atom. The Kier molecular flexibility index (Phi) is 8.46. The number of benzene rings is 1. The van der Waals surface area contributed by atoms with Crippen LogP contribution in [0.1, 0.15) is 41.4 Å². The predicted octanol–water partition coefficient (Wildman–Crippen LogP) is 4.27. The van der Waals surface area contributed by atoms with Crippen molar-refractivity contribution in [2.24, 2.45) is 0 Å². The van der Waals surface area contributed by atoms with E-state index in [-0.39, 0.29) is 27.2 Å². The lowest BCUT2D eigenvalue weighted by molar-refractivity contribution is -0.140. The van der Waals surface area contributed by atoms with Crippen molar-refractivity contribution in [2.75, 3.05) is 0 Å². The van der Waals surface area contributed by atoms with Gasteiger partial charge >= 0.3 is 6.18 Å². The van der Waals surface area contributed by atoms with Crippen LogP contribution in [0, 0.1) is 5.82 Å². The first-order valence-electron chi connectivity index (χ1n) is 10.1. The average Bonchev–Trinajstić information content (AvgIpc) is 3.49. The SMILES string of the molecule is C[C@H](NC(=O)c1cnc(-c2cccc(Cl)c2F)o1)C(=O)N[C@@H](CCC(F)(F)F)C(O)c1nccs1. The first kappa shape index (κ1) is 26.6. The van der Waals surface area contributed by atoms with E-state index in [4.69, 9.17) is 16.0 Å². The van der Waals surface area contributed by atoms with Gasteiger partial charge in [0.1, 0.15) is 17.2 Å². The molecule has 0 radical (unpaired) electrons. The molecule has 188 valence electrons. The van der Waals surface area contributed by atoms with E-state index in [1.165, 1.54) is 36.7 Å². The molecule has 2 aromatic heterocycles. The number of amides is 2. The molecular weight excluding hydrogens is 516 g/mol. The van der Waals surface area contributed by atoms with Crippen LogP contribution in [0.3, 0.4) is 0 Å². The van der Waals surface area contributed by atoms with Crippen LogP contribution in [0.15, 0.2) is 40.4 Å². The Bertz CT molecular complexity index is 1170. The van der Waals surface area contributed by atoms with Crippen molar-refractivity contribution in [3.8, 4) is 11.5 Å². The van der Waals surface area contributed by atoms with E-state index in [1.54, 1.807) is 0 Å². The molecular formula is C21H19ClF4N4O4S. The second kappa shape index (κ2) is 11.1. The summed E-state index contributed by atoms with van der Waals surface area (Å²) in [6.07, 6.45) is -5.44. The van der Waals surface area contributed by atoms with Gasteiger partial charge in [-0.25, -0.2) is 14.4 Å². The van der Waals surface area contributed by atoms with E-state index >= 15 is 0 Å². The van der Waals surface area contributed by atoms with Crippen molar-refractivity contribution in [1.82, 2.24) is 20.6 Å². The van der Waals surface area contributed by atoms with Gasteiger partial charge in [0.05, 0.1) is 22.8 Å². The number of thiazole rings is 1. The number of halogens is 5. The molecule has 35 heavy (non-hydrogen) atoms. The number of aromatic nitrogens is 2. The fourth-order valence-corrected chi connectivity index (χ4v) is 3.86. The fourth-order valence-electron chi connectivity index (χ4n) is 2.99. The third-order valence-corrected chi connectivity index (χ3v) is 5.94. The Labute approximate surface area is 205 Å². The first-order chi connectivity index (χ1) is 16.5. The summed E-state index contributed by atoms with van der Waals surface area (Å²) in [6.45, 7) is 1.29. The molecule has 2 heterocycles. The van der Waals surface area contributed by atoms with Gasteiger partial charge in [-0.05, 0) is 25.5 Å². The van der Waals surface area contributed by atoms with Crippen molar-refractivity contribution in [1.29, 1.82) is 0 Å². The molecule has 0 fully saturated rings. The topological polar surface area (TPSA) is 117 Å². The van der Waals surface area contributed by atoms with Crippen molar-refractivity contribution >= 4 is 34.8 Å². The van der Waals surface area contributed by atoms with E-state index in [0.29, 0.717) is 0 Å². The largest absolute Gasteiger partial charge is 0.431 e. The molecule has 0 aliphatic heterocycles. The molecule has 3 N–H and O–H groups in total. The van der Waals surface area contributed by atoms with Crippen LogP contribution in [0.4, 0.5) is 17.6 Å². The van der Waals surface area contributed by atoms with E-state index in [1.807, 2.05) is 0 Å². The van der Waals surface area contributed by atoms with Gasteiger partial charge in [-0.15, -0.1) is 11.3 Å². The molecule has 0 saturated carbocycles. The molecule has 0 aliphatic carbocycles. The Morgan fingerprint density at radius 1 is 1.26 bits per heavy atom. The highest BCUT2D eigenvalue weighted by atomic mass is 35.5. The maximum Gasteiger partial charge on any atom is 0.389 e. The molecule has 14 heteroatoms. The zero-order valence-electron chi connectivity index (χ0n) is 18.0. The monoisotopic (exact) mass is 534 g/mol. The van der Waals surface area contributed by atoms with Crippen molar-refractivity contribution in [3.05, 3.63) is 57.6 Å². The number of aliphatic hydroxyl groups is 1. The molecule has 0 saturated heterocycles. The van der Waals surface area contributed by atoms with E-state index in [0.717, 1.165) is 17.5 Å². The zero-order chi connectivity index (χ0) is 25.8. The third-order valence-electron chi connectivity index (χ3n) is 4.80. The van der Waals surface area contributed by atoms with Gasteiger partial charge < -0.3 is 20.2 Å². The number of carbonyl (C=O) groups is 2. The second-order valence-electron chi connectivity index (χ2n) is 7.41. The van der Waals surface area contributed by atoms with Crippen LogP contribution in [-0.4, -0.2) is 45.1 Å². The van der Waals surface area contributed by atoms with E-state index in [2.05, 4.69) is 20.6 Å². The summed E-state index contributed by atoms with van der Waals surface area (Å²) in [6, 6.07) is 1.60. The lowest BCUT2D eigenvalue weighted by atomic mass is 10.0. The number of hydrogen-bond acceptors (Lipinski definition) is 7. The summed E-state index contributed by atoms with van der Waals surface area (Å²) in [7, 11) is 0. The summed E-state index contributed by atoms with van der Waals surface area (Å²) < 4.78 is 57.6. The highest BCUT2D eigenvalue weighted by Crippen LogP contribution is 2.28. The molecule has 0 aliphatic rings. The van der Waals surface area contributed by atoms with Crippen LogP contribution in [0.25, 0.3) is 11.5 Å².